The van der Waals surface area contributed by atoms with Crippen LogP contribution in [-0.4, -0.2) is 15.7 Å². The number of nitrogens with one attached hydrogen (secondary N) is 1. The first kappa shape index (κ1) is 13.8. The second-order valence-electron chi connectivity index (χ2n) is 4.56. The molecule has 1 heterocycles. The Morgan fingerprint density at radius 2 is 2.16 bits per heavy atom. The second kappa shape index (κ2) is 5.57. The molecule has 1 amide bonds. The van der Waals surface area contributed by atoms with Gasteiger partial charge in [0.2, 0.25) is 0 Å². The van der Waals surface area contributed by atoms with Crippen LogP contribution in [0.5, 0.6) is 0 Å². The molecule has 0 radical (unpaired) electrons. The van der Waals surface area contributed by atoms with E-state index >= 15 is 0 Å². The molecule has 0 atom stereocenters. The van der Waals surface area contributed by atoms with Crippen molar-refractivity contribution in [3.8, 4) is 0 Å². The summed E-state index contributed by atoms with van der Waals surface area (Å²) in [4.78, 5) is 12.0. The van der Waals surface area contributed by atoms with Gasteiger partial charge in [0.05, 0.1) is 5.69 Å². The molecule has 0 aliphatic rings. The van der Waals surface area contributed by atoms with E-state index in [1.807, 2.05) is 45.3 Å². The van der Waals surface area contributed by atoms with Gasteiger partial charge in [0.25, 0.3) is 5.91 Å². The number of benzene rings is 1. The van der Waals surface area contributed by atoms with Crippen molar-refractivity contribution in [2.75, 3.05) is 0 Å². The van der Waals surface area contributed by atoms with Gasteiger partial charge in [0.1, 0.15) is 0 Å². The molecular weight excluding hydrogens is 306 g/mol. The van der Waals surface area contributed by atoms with Crippen molar-refractivity contribution in [2.45, 2.75) is 20.4 Å². The van der Waals surface area contributed by atoms with E-state index in [2.05, 4.69) is 26.3 Å². The SMILES string of the molecule is Cc1ccc(C(=O)NCc2cn(C)nc2C)cc1Br. The molecule has 5 heteroatoms. The van der Waals surface area contributed by atoms with E-state index in [-0.39, 0.29) is 5.91 Å². The van der Waals surface area contributed by atoms with Crippen LogP contribution in [0, 0.1) is 13.8 Å². The van der Waals surface area contributed by atoms with E-state index < -0.39 is 0 Å². The molecule has 0 bridgehead atoms. The number of hydrogen-bond donors (Lipinski definition) is 1. The molecule has 0 fully saturated rings. The van der Waals surface area contributed by atoms with Gasteiger partial charge in [-0.25, -0.2) is 0 Å². The number of aromatic nitrogens is 2. The molecular formula is C14H16BrN3O. The fourth-order valence-corrected chi connectivity index (χ4v) is 2.21. The third kappa shape index (κ3) is 3.23. The molecule has 2 rings (SSSR count). The number of nitrogens with zero attached hydrogens (tertiary/aromatic N) is 2. The molecule has 1 aromatic carbocycles. The number of amides is 1. The minimum absolute atomic E-state index is 0.0797. The first-order valence-corrected chi connectivity index (χ1v) is 6.80. The van der Waals surface area contributed by atoms with Gasteiger partial charge in [-0.1, -0.05) is 22.0 Å². The zero-order valence-electron chi connectivity index (χ0n) is 11.2. The van der Waals surface area contributed by atoms with Crippen LogP contribution in [0.3, 0.4) is 0 Å². The third-order valence-electron chi connectivity index (χ3n) is 2.99. The number of carbonyl (C=O) groups is 1. The lowest BCUT2D eigenvalue weighted by Gasteiger charge is -2.06. The molecule has 1 N–H and O–H groups in total. The van der Waals surface area contributed by atoms with Gasteiger partial charge in [-0.15, -0.1) is 0 Å². The zero-order valence-corrected chi connectivity index (χ0v) is 12.8. The molecule has 19 heavy (non-hydrogen) atoms. The smallest absolute Gasteiger partial charge is 0.251 e. The van der Waals surface area contributed by atoms with E-state index in [1.54, 1.807) is 4.68 Å². The van der Waals surface area contributed by atoms with Gasteiger partial charge in [-0.2, -0.15) is 5.10 Å². The van der Waals surface area contributed by atoms with Crippen molar-refractivity contribution >= 4 is 21.8 Å². The summed E-state index contributed by atoms with van der Waals surface area (Å²) >= 11 is 3.43. The molecule has 4 nitrogen and oxygen atoms in total. The standard InChI is InChI=1S/C14H16BrN3O/c1-9-4-5-11(6-13(9)15)14(19)16-7-12-8-18(3)17-10(12)2/h4-6,8H,7H2,1-3H3,(H,16,19). The Labute approximate surface area is 120 Å². The number of halogens is 1. The Kier molecular flexibility index (Phi) is 4.04. The maximum atomic E-state index is 12.0. The topological polar surface area (TPSA) is 46.9 Å². The Morgan fingerprint density at radius 1 is 1.42 bits per heavy atom. The Morgan fingerprint density at radius 3 is 2.74 bits per heavy atom. The van der Waals surface area contributed by atoms with Crippen molar-refractivity contribution in [3.05, 3.63) is 51.3 Å². The van der Waals surface area contributed by atoms with Crippen molar-refractivity contribution in [3.63, 3.8) is 0 Å². The van der Waals surface area contributed by atoms with E-state index in [0.717, 1.165) is 21.3 Å². The predicted molar refractivity (Wildman–Crippen MR) is 78.0 cm³/mol. The van der Waals surface area contributed by atoms with Gasteiger partial charge in [0, 0.05) is 35.4 Å². The number of hydrogen-bond acceptors (Lipinski definition) is 2. The van der Waals surface area contributed by atoms with Crippen molar-refractivity contribution < 1.29 is 4.79 Å². The Bertz CT molecular complexity index is 619. The first-order valence-electron chi connectivity index (χ1n) is 6.01. The van der Waals surface area contributed by atoms with Crippen LogP contribution in [-0.2, 0) is 13.6 Å². The highest BCUT2D eigenvalue weighted by Crippen LogP contribution is 2.17. The predicted octanol–water partition coefficient (Wildman–Crippen LogP) is 2.73. The van der Waals surface area contributed by atoms with E-state index in [1.165, 1.54) is 0 Å². The van der Waals surface area contributed by atoms with Crippen LogP contribution in [0.2, 0.25) is 0 Å². The minimum Gasteiger partial charge on any atom is -0.348 e. The Hall–Kier alpha value is -1.62. The fourth-order valence-electron chi connectivity index (χ4n) is 1.83. The van der Waals surface area contributed by atoms with Crippen LogP contribution < -0.4 is 5.32 Å². The summed E-state index contributed by atoms with van der Waals surface area (Å²) < 4.78 is 2.69. The number of carbonyl (C=O) groups excluding carboxylic acids is 1. The average molecular weight is 322 g/mol. The normalized spacial score (nSPS) is 10.5. The average Bonchev–Trinajstić information content (AvgIpc) is 2.68. The monoisotopic (exact) mass is 321 g/mol. The van der Waals surface area contributed by atoms with Crippen LogP contribution in [0.15, 0.2) is 28.9 Å². The molecule has 0 aliphatic carbocycles. The van der Waals surface area contributed by atoms with E-state index in [4.69, 9.17) is 0 Å². The van der Waals surface area contributed by atoms with Gasteiger partial charge >= 0.3 is 0 Å². The second-order valence-corrected chi connectivity index (χ2v) is 5.41. The Balaban J connectivity index is 2.05. The van der Waals surface area contributed by atoms with Gasteiger partial charge < -0.3 is 5.32 Å². The largest absolute Gasteiger partial charge is 0.348 e. The minimum atomic E-state index is -0.0797. The molecule has 100 valence electrons. The fraction of sp³-hybridized carbons (Fsp3) is 0.286. The lowest BCUT2D eigenvalue weighted by atomic mass is 10.1. The molecule has 0 spiro atoms. The van der Waals surface area contributed by atoms with Crippen LogP contribution in [0.1, 0.15) is 27.2 Å². The molecule has 0 aliphatic heterocycles. The van der Waals surface area contributed by atoms with Crippen molar-refractivity contribution in [1.29, 1.82) is 0 Å². The molecule has 2 aromatic rings. The quantitative estimate of drug-likeness (QED) is 0.944. The van der Waals surface area contributed by atoms with Gasteiger partial charge in [-0.05, 0) is 31.5 Å². The summed E-state index contributed by atoms with van der Waals surface area (Å²) in [6, 6.07) is 5.58. The van der Waals surface area contributed by atoms with Gasteiger partial charge in [0.15, 0.2) is 0 Å². The maximum Gasteiger partial charge on any atom is 0.251 e. The molecule has 0 saturated heterocycles. The summed E-state index contributed by atoms with van der Waals surface area (Å²) in [5.41, 5.74) is 3.73. The lowest BCUT2D eigenvalue weighted by Crippen LogP contribution is -2.23. The van der Waals surface area contributed by atoms with Crippen LogP contribution in [0.4, 0.5) is 0 Å². The lowest BCUT2D eigenvalue weighted by molar-refractivity contribution is 0.0951. The highest BCUT2D eigenvalue weighted by atomic mass is 79.9. The van der Waals surface area contributed by atoms with E-state index in [9.17, 15) is 4.79 Å². The summed E-state index contributed by atoms with van der Waals surface area (Å²) in [5, 5.41) is 7.15. The zero-order chi connectivity index (χ0) is 14.0. The third-order valence-corrected chi connectivity index (χ3v) is 3.84. The molecule has 0 unspecified atom stereocenters. The van der Waals surface area contributed by atoms with Crippen LogP contribution in [0.25, 0.3) is 0 Å². The highest BCUT2D eigenvalue weighted by molar-refractivity contribution is 9.10. The van der Waals surface area contributed by atoms with Gasteiger partial charge in [-0.3, -0.25) is 9.48 Å². The number of aryl methyl sites for hydroxylation is 3. The number of rotatable bonds is 3. The summed E-state index contributed by atoms with van der Waals surface area (Å²) in [6.45, 7) is 4.42. The van der Waals surface area contributed by atoms with E-state index in [0.29, 0.717) is 12.1 Å². The van der Waals surface area contributed by atoms with Crippen molar-refractivity contribution in [2.24, 2.45) is 7.05 Å². The summed E-state index contributed by atoms with van der Waals surface area (Å²) in [6.07, 6.45) is 1.92. The van der Waals surface area contributed by atoms with Crippen LogP contribution >= 0.6 is 15.9 Å². The first-order chi connectivity index (χ1) is 8.97. The highest BCUT2D eigenvalue weighted by Gasteiger charge is 2.09. The maximum absolute atomic E-state index is 12.0. The summed E-state index contributed by atoms with van der Waals surface area (Å²) in [7, 11) is 1.87. The molecule has 0 saturated carbocycles. The van der Waals surface area contributed by atoms with Crippen molar-refractivity contribution in [1.82, 2.24) is 15.1 Å². The summed E-state index contributed by atoms with van der Waals surface area (Å²) in [5.74, 6) is -0.0797. The molecule has 1 aromatic heterocycles.